The summed E-state index contributed by atoms with van der Waals surface area (Å²) in [7, 11) is 0. The van der Waals surface area contributed by atoms with Crippen molar-refractivity contribution in [3.8, 4) is 5.75 Å². The Morgan fingerprint density at radius 1 is 1.29 bits per heavy atom. The highest BCUT2D eigenvalue weighted by molar-refractivity contribution is 5.98. The average molecular weight is 301 g/mol. The van der Waals surface area contributed by atoms with E-state index in [4.69, 9.17) is 5.11 Å². The molecule has 0 fully saturated rings. The molecule has 0 unspecified atom stereocenters. The van der Waals surface area contributed by atoms with Gasteiger partial charge < -0.3 is 14.7 Å². The highest BCUT2D eigenvalue weighted by Gasteiger charge is 2.23. The molecule has 0 aliphatic rings. The Morgan fingerprint density at radius 2 is 1.90 bits per heavy atom. The van der Waals surface area contributed by atoms with Crippen molar-refractivity contribution in [3.05, 3.63) is 29.8 Å². The number of para-hydroxylation sites is 1. The Hall–Kier alpha value is -2.18. The van der Waals surface area contributed by atoms with E-state index in [2.05, 4.69) is 4.74 Å². The minimum atomic E-state index is -3.06. The van der Waals surface area contributed by atoms with Crippen molar-refractivity contribution in [3.63, 3.8) is 0 Å². The standard InChI is InChI=1S/C14H17F2NO4/c1-9(2)7-17(8-12(18)19)13(20)10-5-3-4-6-11(10)21-14(15)16/h3-6,9,14H,7-8H2,1-2H3,(H,18,19). The summed E-state index contributed by atoms with van der Waals surface area (Å²) in [5.41, 5.74) is -0.0836. The van der Waals surface area contributed by atoms with Crippen LogP contribution in [0.25, 0.3) is 0 Å². The maximum atomic E-state index is 12.4. The number of carboxylic acid groups (broad SMARTS) is 1. The Labute approximate surface area is 121 Å². The second-order valence-electron chi connectivity index (χ2n) is 4.85. The molecule has 1 aromatic carbocycles. The minimum Gasteiger partial charge on any atom is -0.480 e. The lowest BCUT2D eigenvalue weighted by molar-refractivity contribution is -0.137. The highest BCUT2D eigenvalue weighted by atomic mass is 19.3. The fraction of sp³-hybridized carbons (Fsp3) is 0.429. The third-order valence-corrected chi connectivity index (χ3v) is 2.53. The number of halogens is 2. The van der Waals surface area contributed by atoms with Gasteiger partial charge in [0.1, 0.15) is 12.3 Å². The Morgan fingerprint density at radius 3 is 2.43 bits per heavy atom. The smallest absolute Gasteiger partial charge is 0.387 e. The molecule has 116 valence electrons. The van der Waals surface area contributed by atoms with Crippen LogP contribution in [0.1, 0.15) is 24.2 Å². The molecule has 0 spiro atoms. The molecule has 0 atom stereocenters. The van der Waals surface area contributed by atoms with Crippen molar-refractivity contribution in [1.82, 2.24) is 4.90 Å². The first kappa shape index (κ1) is 16.9. The maximum absolute atomic E-state index is 12.4. The summed E-state index contributed by atoms with van der Waals surface area (Å²) in [5, 5.41) is 8.86. The number of hydrogen-bond acceptors (Lipinski definition) is 3. The van der Waals surface area contributed by atoms with Crippen LogP contribution in [0.5, 0.6) is 5.75 Å². The number of carboxylic acids is 1. The lowest BCUT2D eigenvalue weighted by atomic mass is 10.1. The molecule has 0 aromatic heterocycles. The van der Waals surface area contributed by atoms with Crippen molar-refractivity contribution in [2.45, 2.75) is 20.5 Å². The van der Waals surface area contributed by atoms with E-state index in [1.807, 2.05) is 13.8 Å². The molecule has 1 N–H and O–H groups in total. The lowest BCUT2D eigenvalue weighted by Gasteiger charge is -2.23. The third-order valence-electron chi connectivity index (χ3n) is 2.53. The van der Waals surface area contributed by atoms with Crippen molar-refractivity contribution in [2.24, 2.45) is 5.92 Å². The van der Waals surface area contributed by atoms with E-state index in [0.29, 0.717) is 0 Å². The summed E-state index contributed by atoms with van der Waals surface area (Å²) in [6, 6.07) is 5.53. The number of benzene rings is 1. The summed E-state index contributed by atoms with van der Waals surface area (Å²) in [6.45, 7) is 0.290. The zero-order chi connectivity index (χ0) is 16.0. The monoisotopic (exact) mass is 301 g/mol. The number of carbonyl (C=O) groups is 2. The average Bonchev–Trinajstić information content (AvgIpc) is 2.36. The molecular weight excluding hydrogens is 284 g/mol. The highest BCUT2D eigenvalue weighted by Crippen LogP contribution is 2.22. The second kappa shape index (κ2) is 7.56. The summed E-state index contributed by atoms with van der Waals surface area (Å²) < 4.78 is 29.0. The van der Waals surface area contributed by atoms with Gasteiger partial charge in [-0.15, -0.1) is 0 Å². The van der Waals surface area contributed by atoms with Crippen LogP contribution in [0.2, 0.25) is 0 Å². The number of hydrogen-bond donors (Lipinski definition) is 1. The van der Waals surface area contributed by atoms with E-state index in [1.54, 1.807) is 0 Å². The molecule has 1 aromatic rings. The first-order valence-electron chi connectivity index (χ1n) is 6.36. The van der Waals surface area contributed by atoms with Crippen molar-refractivity contribution in [2.75, 3.05) is 13.1 Å². The van der Waals surface area contributed by atoms with Gasteiger partial charge in [0.15, 0.2) is 0 Å². The number of rotatable bonds is 7. The molecule has 1 amide bonds. The number of ether oxygens (including phenoxy) is 1. The fourth-order valence-corrected chi connectivity index (χ4v) is 1.84. The lowest BCUT2D eigenvalue weighted by Crippen LogP contribution is -2.38. The van der Waals surface area contributed by atoms with Gasteiger partial charge in [0.2, 0.25) is 0 Å². The summed E-state index contributed by atoms with van der Waals surface area (Å²) in [5.74, 6) is -2.05. The first-order valence-corrected chi connectivity index (χ1v) is 6.36. The van der Waals surface area contributed by atoms with Gasteiger partial charge in [-0.1, -0.05) is 26.0 Å². The Balaban J connectivity index is 3.05. The quantitative estimate of drug-likeness (QED) is 0.840. The molecule has 0 bridgehead atoms. The number of carbonyl (C=O) groups excluding carboxylic acids is 1. The number of amides is 1. The van der Waals surface area contributed by atoms with Crippen LogP contribution in [0.4, 0.5) is 8.78 Å². The molecule has 21 heavy (non-hydrogen) atoms. The molecular formula is C14H17F2NO4. The topological polar surface area (TPSA) is 66.8 Å². The Bertz CT molecular complexity index is 506. The summed E-state index contributed by atoms with van der Waals surface area (Å²) >= 11 is 0. The van der Waals surface area contributed by atoms with Crippen molar-refractivity contribution in [1.29, 1.82) is 0 Å². The molecule has 0 aliphatic carbocycles. The van der Waals surface area contributed by atoms with Gasteiger partial charge in [0, 0.05) is 6.54 Å². The van der Waals surface area contributed by atoms with Crippen molar-refractivity contribution >= 4 is 11.9 Å². The number of nitrogens with zero attached hydrogens (tertiary/aromatic N) is 1. The van der Waals surface area contributed by atoms with Crippen LogP contribution < -0.4 is 4.74 Å². The van der Waals surface area contributed by atoms with Gasteiger partial charge in [-0.25, -0.2) is 0 Å². The van der Waals surface area contributed by atoms with E-state index in [-0.39, 0.29) is 23.8 Å². The zero-order valence-electron chi connectivity index (χ0n) is 11.8. The molecule has 0 heterocycles. The zero-order valence-corrected chi connectivity index (χ0v) is 11.8. The van der Waals surface area contributed by atoms with Crippen LogP contribution >= 0.6 is 0 Å². The normalized spacial score (nSPS) is 10.8. The first-order chi connectivity index (χ1) is 9.81. The molecule has 5 nitrogen and oxygen atoms in total. The molecule has 7 heteroatoms. The minimum absolute atomic E-state index is 0.0384. The largest absolute Gasteiger partial charge is 0.480 e. The maximum Gasteiger partial charge on any atom is 0.387 e. The van der Waals surface area contributed by atoms with E-state index in [0.717, 1.165) is 4.90 Å². The van der Waals surface area contributed by atoms with Crippen LogP contribution in [-0.2, 0) is 4.79 Å². The second-order valence-corrected chi connectivity index (χ2v) is 4.85. The predicted octanol–water partition coefficient (Wildman–Crippen LogP) is 2.47. The van der Waals surface area contributed by atoms with Gasteiger partial charge in [-0.3, -0.25) is 9.59 Å². The van der Waals surface area contributed by atoms with Gasteiger partial charge in [0.25, 0.3) is 5.91 Å². The number of aliphatic carboxylic acids is 1. The van der Waals surface area contributed by atoms with Crippen LogP contribution in [-0.4, -0.2) is 41.6 Å². The molecule has 0 radical (unpaired) electrons. The van der Waals surface area contributed by atoms with E-state index in [1.165, 1.54) is 24.3 Å². The summed E-state index contributed by atoms with van der Waals surface area (Å²) in [4.78, 5) is 24.3. The van der Waals surface area contributed by atoms with E-state index >= 15 is 0 Å². The van der Waals surface area contributed by atoms with Crippen molar-refractivity contribution < 1.29 is 28.2 Å². The molecule has 0 aliphatic heterocycles. The summed E-state index contributed by atoms with van der Waals surface area (Å²) in [6.07, 6.45) is 0. The van der Waals surface area contributed by atoms with Crippen LogP contribution in [0.3, 0.4) is 0 Å². The molecule has 1 rings (SSSR count). The van der Waals surface area contributed by atoms with Gasteiger partial charge in [-0.2, -0.15) is 8.78 Å². The SMILES string of the molecule is CC(C)CN(CC(=O)O)C(=O)c1ccccc1OC(F)F. The van der Waals surface area contributed by atoms with Crippen LogP contribution in [0.15, 0.2) is 24.3 Å². The fourth-order valence-electron chi connectivity index (χ4n) is 1.84. The van der Waals surface area contributed by atoms with E-state index < -0.39 is 25.0 Å². The van der Waals surface area contributed by atoms with Crippen LogP contribution in [0, 0.1) is 5.92 Å². The van der Waals surface area contributed by atoms with E-state index in [9.17, 15) is 18.4 Å². The van der Waals surface area contributed by atoms with Gasteiger partial charge in [0.05, 0.1) is 5.56 Å². The van der Waals surface area contributed by atoms with Gasteiger partial charge in [-0.05, 0) is 18.1 Å². The Kier molecular flexibility index (Phi) is 6.08. The number of alkyl halides is 2. The molecule has 0 saturated heterocycles. The molecule has 0 saturated carbocycles. The van der Waals surface area contributed by atoms with Gasteiger partial charge >= 0.3 is 12.6 Å². The third kappa shape index (κ3) is 5.37. The predicted molar refractivity (Wildman–Crippen MR) is 71.5 cm³/mol.